The van der Waals surface area contributed by atoms with E-state index in [-0.39, 0.29) is 36.2 Å². The molecule has 3 rings (SSSR count). The molecule has 1 aliphatic rings. The zero-order valence-electron chi connectivity index (χ0n) is 21.6. The molecule has 2 aromatic rings. The molecule has 2 atom stereocenters. The second kappa shape index (κ2) is 13.5. The zero-order chi connectivity index (χ0) is 26.8. The van der Waals surface area contributed by atoms with Gasteiger partial charge in [0.2, 0.25) is 0 Å². The predicted octanol–water partition coefficient (Wildman–Crippen LogP) is 2.98. The molecule has 1 heterocycles. The van der Waals surface area contributed by atoms with Crippen LogP contribution in [0.4, 0.5) is 10.6 Å². The fraction of sp³-hybridized carbons (Fsp3) is 0.520. The SMILES string of the molecule is COCCN=Cc1c(O)cc(OC)cc1OCC(=O)Nc1cc(C2CCC(OC(=O)NC(C)C)C2)[nH]n1. The largest absolute Gasteiger partial charge is 0.507 e. The molecule has 1 aromatic heterocycles. The molecule has 37 heavy (non-hydrogen) atoms. The van der Waals surface area contributed by atoms with E-state index in [1.54, 1.807) is 19.2 Å². The van der Waals surface area contributed by atoms with Crippen molar-refractivity contribution in [1.82, 2.24) is 15.5 Å². The molecule has 2 amide bonds. The highest BCUT2D eigenvalue weighted by atomic mass is 16.6. The monoisotopic (exact) mass is 517 g/mol. The van der Waals surface area contributed by atoms with E-state index in [1.165, 1.54) is 19.4 Å². The molecule has 12 nitrogen and oxygen atoms in total. The molecule has 0 saturated heterocycles. The van der Waals surface area contributed by atoms with Gasteiger partial charge in [0.05, 0.1) is 25.8 Å². The number of alkyl carbamates (subject to hydrolysis) is 1. The Hall–Kier alpha value is -3.80. The van der Waals surface area contributed by atoms with Crippen LogP contribution in [0.2, 0.25) is 0 Å². The second-order valence-electron chi connectivity index (χ2n) is 8.97. The lowest BCUT2D eigenvalue weighted by molar-refractivity contribution is -0.118. The minimum atomic E-state index is -0.430. The number of H-pyrrole nitrogens is 1. The summed E-state index contributed by atoms with van der Waals surface area (Å²) in [5, 5.41) is 22.9. The number of carbonyl (C=O) groups excluding carboxylic acids is 2. The van der Waals surface area contributed by atoms with Crippen molar-refractivity contribution in [2.45, 2.75) is 51.2 Å². The molecule has 4 N–H and O–H groups in total. The Morgan fingerprint density at radius 3 is 2.81 bits per heavy atom. The third kappa shape index (κ3) is 8.38. The van der Waals surface area contributed by atoms with E-state index in [4.69, 9.17) is 18.9 Å². The number of aromatic hydroxyl groups is 1. The van der Waals surface area contributed by atoms with Crippen molar-refractivity contribution in [3.8, 4) is 17.2 Å². The number of aromatic amines is 1. The molecular formula is C25H35N5O7. The number of rotatable bonds is 12. The van der Waals surface area contributed by atoms with Gasteiger partial charge in [-0.25, -0.2) is 4.79 Å². The van der Waals surface area contributed by atoms with E-state index >= 15 is 0 Å². The van der Waals surface area contributed by atoms with Crippen LogP contribution in [-0.2, 0) is 14.3 Å². The third-order valence-corrected chi connectivity index (χ3v) is 5.70. The van der Waals surface area contributed by atoms with Gasteiger partial charge in [0, 0.05) is 49.2 Å². The van der Waals surface area contributed by atoms with Crippen LogP contribution in [0.1, 0.15) is 50.3 Å². The average Bonchev–Trinajstić information content (AvgIpc) is 3.50. The molecule has 1 aliphatic carbocycles. The number of phenolic OH excluding ortho intramolecular Hbond substituents is 1. The third-order valence-electron chi connectivity index (χ3n) is 5.70. The molecule has 1 aromatic carbocycles. The van der Waals surface area contributed by atoms with Gasteiger partial charge in [-0.2, -0.15) is 5.10 Å². The maximum absolute atomic E-state index is 12.5. The number of benzene rings is 1. The van der Waals surface area contributed by atoms with E-state index < -0.39 is 12.0 Å². The molecule has 0 aliphatic heterocycles. The number of aromatic nitrogens is 2. The van der Waals surface area contributed by atoms with Crippen molar-refractivity contribution in [2.75, 3.05) is 39.3 Å². The summed E-state index contributed by atoms with van der Waals surface area (Å²) in [6.07, 6.45) is 3.17. The minimum Gasteiger partial charge on any atom is -0.507 e. The van der Waals surface area contributed by atoms with Gasteiger partial charge < -0.3 is 34.7 Å². The van der Waals surface area contributed by atoms with Gasteiger partial charge in [-0.3, -0.25) is 14.9 Å². The van der Waals surface area contributed by atoms with Crippen molar-refractivity contribution in [3.63, 3.8) is 0 Å². The Morgan fingerprint density at radius 2 is 2.08 bits per heavy atom. The molecule has 0 radical (unpaired) electrons. The molecule has 0 spiro atoms. The van der Waals surface area contributed by atoms with E-state index in [0.29, 0.717) is 36.7 Å². The van der Waals surface area contributed by atoms with E-state index in [0.717, 1.165) is 18.5 Å². The molecule has 2 unspecified atom stereocenters. The van der Waals surface area contributed by atoms with Crippen LogP contribution < -0.4 is 20.1 Å². The first kappa shape index (κ1) is 27.8. The first-order valence-corrected chi connectivity index (χ1v) is 12.1. The second-order valence-corrected chi connectivity index (χ2v) is 8.97. The summed E-state index contributed by atoms with van der Waals surface area (Å²) >= 11 is 0. The predicted molar refractivity (Wildman–Crippen MR) is 137 cm³/mol. The van der Waals surface area contributed by atoms with Gasteiger partial charge in [0.25, 0.3) is 5.91 Å². The summed E-state index contributed by atoms with van der Waals surface area (Å²) in [6.45, 7) is 4.27. The summed E-state index contributed by atoms with van der Waals surface area (Å²) in [5.41, 5.74) is 1.19. The minimum absolute atomic E-state index is 0.0164. The lowest BCUT2D eigenvalue weighted by atomic mass is 10.0. The number of anilines is 1. The summed E-state index contributed by atoms with van der Waals surface area (Å²) in [6, 6.07) is 4.79. The fourth-order valence-electron chi connectivity index (χ4n) is 3.94. The molecule has 202 valence electrons. The fourth-order valence-corrected chi connectivity index (χ4v) is 3.94. The van der Waals surface area contributed by atoms with Crippen molar-refractivity contribution < 1.29 is 33.6 Å². The number of nitrogens with one attached hydrogen (secondary N) is 3. The van der Waals surface area contributed by atoms with Crippen LogP contribution >= 0.6 is 0 Å². The Balaban J connectivity index is 1.55. The molecular weight excluding hydrogens is 482 g/mol. The molecule has 1 fully saturated rings. The van der Waals surface area contributed by atoms with Gasteiger partial charge >= 0.3 is 6.09 Å². The quantitative estimate of drug-likeness (QED) is 0.247. The first-order chi connectivity index (χ1) is 17.8. The van der Waals surface area contributed by atoms with Gasteiger partial charge in [-0.05, 0) is 33.1 Å². The number of ether oxygens (including phenoxy) is 4. The van der Waals surface area contributed by atoms with Crippen LogP contribution in [0.25, 0.3) is 0 Å². The van der Waals surface area contributed by atoms with Gasteiger partial charge in [0.1, 0.15) is 23.4 Å². The summed E-state index contributed by atoms with van der Waals surface area (Å²) in [4.78, 5) is 28.6. The normalized spacial score (nSPS) is 17.2. The smallest absolute Gasteiger partial charge is 0.407 e. The number of hydrogen-bond acceptors (Lipinski definition) is 9. The molecule has 12 heteroatoms. The highest BCUT2D eigenvalue weighted by molar-refractivity contribution is 5.92. The van der Waals surface area contributed by atoms with Gasteiger partial charge in [-0.15, -0.1) is 0 Å². The Labute approximate surface area is 215 Å². The van der Waals surface area contributed by atoms with Crippen LogP contribution in [0.3, 0.4) is 0 Å². The maximum Gasteiger partial charge on any atom is 0.407 e. The molecule has 0 bridgehead atoms. The number of amides is 2. The number of methoxy groups -OCH3 is 2. The summed E-state index contributed by atoms with van der Waals surface area (Å²) in [7, 11) is 3.04. The average molecular weight is 518 g/mol. The lowest BCUT2D eigenvalue weighted by Crippen LogP contribution is -2.33. The van der Waals surface area contributed by atoms with Crippen LogP contribution in [0.5, 0.6) is 17.2 Å². The number of nitrogens with zero attached hydrogens (tertiary/aromatic N) is 2. The Morgan fingerprint density at radius 1 is 1.27 bits per heavy atom. The maximum atomic E-state index is 12.5. The number of phenols is 1. The standard InChI is InChI=1S/C25H35N5O7/c1-15(2)27-25(33)37-17-6-5-16(9-17)20-12-23(30-29-20)28-24(32)14-36-22-11-18(35-4)10-21(31)19(22)13-26-7-8-34-3/h10-13,15-17,31H,5-9,14H2,1-4H3,(H,27,33)(H2,28,29,30,32). The number of hydrogen-bond donors (Lipinski definition) is 4. The van der Waals surface area contributed by atoms with E-state index in [2.05, 4.69) is 25.8 Å². The number of carbonyl (C=O) groups is 2. The Kier molecular flexibility index (Phi) is 10.1. The van der Waals surface area contributed by atoms with Gasteiger partial charge in [0.15, 0.2) is 12.4 Å². The summed E-state index contributed by atoms with van der Waals surface area (Å²) < 4.78 is 21.3. The van der Waals surface area contributed by atoms with Gasteiger partial charge in [-0.1, -0.05) is 0 Å². The first-order valence-electron chi connectivity index (χ1n) is 12.1. The van der Waals surface area contributed by atoms with Crippen molar-refractivity contribution in [1.29, 1.82) is 0 Å². The highest BCUT2D eigenvalue weighted by Crippen LogP contribution is 2.36. The van der Waals surface area contributed by atoms with Crippen LogP contribution in [0.15, 0.2) is 23.2 Å². The molecule has 1 saturated carbocycles. The lowest BCUT2D eigenvalue weighted by Gasteiger charge is -2.14. The van der Waals surface area contributed by atoms with Crippen LogP contribution in [0, 0.1) is 0 Å². The Bertz CT molecular complexity index is 1090. The van der Waals surface area contributed by atoms with Crippen molar-refractivity contribution >= 4 is 24.0 Å². The summed E-state index contributed by atoms with van der Waals surface area (Å²) in [5.74, 6) is 0.606. The highest BCUT2D eigenvalue weighted by Gasteiger charge is 2.30. The van der Waals surface area contributed by atoms with Crippen molar-refractivity contribution in [3.05, 3.63) is 29.5 Å². The van der Waals surface area contributed by atoms with Crippen LogP contribution in [-0.4, -0.2) is 79.6 Å². The number of aliphatic imine (C=N–C) groups is 1. The van der Waals surface area contributed by atoms with Crippen molar-refractivity contribution in [2.24, 2.45) is 4.99 Å². The van der Waals surface area contributed by atoms with E-state index in [1.807, 2.05) is 13.8 Å². The van der Waals surface area contributed by atoms with E-state index in [9.17, 15) is 14.7 Å². The zero-order valence-corrected chi connectivity index (χ0v) is 21.6. The topological polar surface area (TPSA) is 156 Å².